The number of hydrogen-bond acceptors (Lipinski definition) is 3. The Kier molecular flexibility index (Phi) is 5.29. The zero-order valence-corrected chi connectivity index (χ0v) is 14.4. The Balaban J connectivity index is 2.21. The van der Waals surface area contributed by atoms with E-state index in [0.29, 0.717) is 17.0 Å². The third-order valence-electron chi connectivity index (χ3n) is 4.60. The first-order valence-electron chi connectivity index (χ1n) is 8.08. The summed E-state index contributed by atoms with van der Waals surface area (Å²) in [5.74, 6) is 0.387. The number of amides is 2. The first kappa shape index (κ1) is 17.3. The molecule has 126 valence electrons. The summed E-state index contributed by atoms with van der Waals surface area (Å²) in [5, 5.41) is 2.97. The number of anilines is 1. The van der Waals surface area contributed by atoms with Gasteiger partial charge in [-0.2, -0.15) is 0 Å². The molecule has 1 saturated carbocycles. The van der Waals surface area contributed by atoms with Crippen LogP contribution in [0.5, 0.6) is 5.75 Å². The molecule has 0 atom stereocenters. The molecule has 23 heavy (non-hydrogen) atoms. The van der Waals surface area contributed by atoms with Crippen LogP contribution in [0, 0.1) is 5.41 Å². The Morgan fingerprint density at radius 3 is 2.39 bits per heavy atom. The summed E-state index contributed by atoms with van der Waals surface area (Å²) in [4.78, 5) is 26.4. The molecule has 0 unspecified atom stereocenters. The molecule has 0 spiro atoms. The Bertz CT molecular complexity index is 590. The van der Waals surface area contributed by atoms with Crippen LogP contribution < -0.4 is 10.1 Å². The van der Waals surface area contributed by atoms with Crippen molar-refractivity contribution in [2.75, 3.05) is 26.5 Å². The molecule has 0 heterocycles. The average Bonchev–Trinajstić information content (AvgIpc) is 2.54. The molecule has 5 heteroatoms. The molecule has 1 aromatic rings. The first-order valence-corrected chi connectivity index (χ1v) is 8.08. The van der Waals surface area contributed by atoms with Crippen LogP contribution in [0.1, 0.15) is 49.4 Å². The van der Waals surface area contributed by atoms with Crippen LogP contribution in [0.25, 0.3) is 0 Å². The quantitative estimate of drug-likeness (QED) is 0.926. The average molecular weight is 318 g/mol. The van der Waals surface area contributed by atoms with Gasteiger partial charge in [0.1, 0.15) is 5.75 Å². The second kappa shape index (κ2) is 7.02. The smallest absolute Gasteiger partial charge is 0.257 e. The van der Waals surface area contributed by atoms with Crippen molar-refractivity contribution in [3.63, 3.8) is 0 Å². The molecule has 5 nitrogen and oxygen atoms in total. The zero-order valence-electron chi connectivity index (χ0n) is 14.4. The van der Waals surface area contributed by atoms with Gasteiger partial charge in [-0.1, -0.05) is 26.2 Å². The highest BCUT2D eigenvalue weighted by Gasteiger charge is 2.34. The van der Waals surface area contributed by atoms with E-state index in [4.69, 9.17) is 4.74 Å². The number of rotatable bonds is 4. The van der Waals surface area contributed by atoms with Crippen LogP contribution in [0.4, 0.5) is 5.69 Å². The lowest BCUT2D eigenvalue weighted by molar-refractivity contribution is -0.126. The summed E-state index contributed by atoms with van der Waals surface area (Å²) in [6, 6.07) is 5.18. The number of nitrogens with zero attached hydrogens (tertiary/aromatic N) is 1. The fraction of sp³-hybridized carbons (Fsp3) is 0.556. The van der Waals surface area contributed by atoms with Crippen molar-refractivity contribution in [2.45, 2.75) is 39.0 Å². The van der Waals surface area contributed by atoms with Gasteiger partial charge >= 0.3 is 0 Å². The lowest BCUT2D eigenvalue weighted by atomic mass is 9.75. The number of ether oxygens (including phenoxy) is 1. The van der Waals surface area contributed by atoms with Crippen molar-refractivity contribution in [1.82, 2.24) is 4.90 Å². The molecule has 2 amide bonds. The second-order valence-corrected chi connectivity index (χ2v) is 6.69. The van der Waals surface area contributed by atoms with E-state index < -0.39 is 0 Å². The van der Waals surface area contributed by atoms with Crippen LogP contribution in [0.2, 0.25) is 0 Å². The largest absolute Gasteiger partial charge is 0.496 e. The van der Waals surface area contributed by atoms with Crippen molar-refractivity contribution in [3.05, 3.63) is 23.8 Å². The molecule has 0 aromatic heterocycles. The Morgan fingerprint density at radius 1 is 1.17 bits per heavy atom. The lowest BCUT2D eigenvalue weighted by Crippen LogP contribution is -2.35. The van der Waals surface area contributed by atoms with Crippen LogP contribution in [-0.2, 0) is 4.79 Å². The van der Waals surface area contributed by atoms with Gasteiger partial charge in [0.25, 0.3) is 5.91 Å². The van der Waals surface area contributed by atoms with E-state index in [1.54, 1.807) is 32.3 Å². The van der Waals surface area contributed by atoms with Crippen molar-refractivity contribution < 1.29 is 14.3 Å². The molecule has 0 radical (unpaired) electrons. The number of methoxy groups -OCH3 is 1. The van der Waals surface area contributed by atoms with Gasteiger partial charge in [0, 0.05) is 25.2 Å². The summed E-state index contributed by atoms with van der Waals surface area (Å²) in [5.41, 5.74) is 0.765. The monoisotopic (exact) mass is 318 g/mol. The molecular weight excluding hydrogens is 292 g/mol. The molecular formula is C18H26N2O3. The van der Waals surface area contributed by atoms with E-state index in [2.05, 4.69) is 5.32 Å². The minimum Gasteiger partial charge on any atom is -0.496 e. The maximum absolute atomic E-state index is 12.6. The van der Waals surface area contributed by atoms with Crippen molar-refractivity contribution in [1.29, 1.82) is 0 Å². The predicted octanol–water partition coefficient (Wildman–Crippen LogP) is 3.31. The lowest BCUT2D eigenvalue weighted by Gasteiger charge is -2.32. The van der Waals surface area contributed by atoms with Crippen LogP contribution in [-0.4, -0.2) is 37.9 Å². The van der Waals surface area contributed by atoms with Gasteiger partial charge in [-0.15, -0.1) is 0 Å². The van der Waals surface area contributed by atoms with Crippen molar-refractivity contribution in [2.24, 2.45) is 5.41 Å². The van der Waals surface area contributed by atoms with Crippen molar-refractivity contribution in [3.8, 4) is 5.75 Å². The Hall–Kier alpha value is -2.04. The van der Waals surface area contributed by atoms with E-state index in [9.17, 15) is 9.59 Å². The Morgan fingerprint density at radius 2 is 1.83 bits per heavy atom. The van der Waals surface area contributed by atoms with Crippen LogP contribution in [0.15, 0.2) is 18.2 Å². The third kappa shape index (κ3) is 3.84. The molecule has 1 aliphatic carbocycles. The maximum Gasteiger partial charge on any atom is 0.257 e. The highest BCUT2D eigenvalue weighted by molar-refractivity contribution is 6.00. The van der Waals surface area contributed by atoms with Gasteiger partial charge in [-0.3, -0.25) is 9.59 Å². The zero-order chi connectivity index (χ0) is 17.0. The first-order chi connectivity index (χ1) is 10.9. The van der Waals surface area contributed by atoms with E-state index in [-0.39, 0.29) is 17.2 Å². The fourth-order valence-electron chi connectivity index (χ4n) is 3.03. The molecule has 0 bridgehead atoms. The van der Waals surface area contributed by atoms with Gasteiger partial charge in [-0.05, 0) is 31.0 Å². The van der Waals surface area contributed by atoms with Gasteiger partial charge < -0.3 is 15.0 Å². The third-order valence-corrected chi connectivity index (χ3v) is 4.60. The highest BCUT2D eigenvalue weighted by atomic mass is 16.5. The number of hydrogen-bond donors (Lipinski definition) is 1. The second-order valence-electron chi connectivity index (χ2n) is 6.69. The maximum atomic E-state index is 12.6. The summed E-state index contributed by atoms with van der Waals surface area (Å²) in [6.45, 7) is 2.02. The molecule has 1 N–H and O–H groups in total. The van der Waals surface area contributed by atoms with E-state index >= 15 is 0 Å². The molecule has 1 fully saturated rings. The van der Waals surface area contributed by atoms with Crippen molar-refractivity contribution >= 4 is 17.5 Å². The summed E-state index contributed by atoms with van der Waals surface area (Å²) in [7, 11) is 4.91. The highest BCUT2D eigenvalue weighted by Crippen LogP contribution is 2.37. The number of nitrogens with one attached hydrogen (secondary N) is 1. The molecule has 0 aliphatic heterocycles. The molecule has 2 rings (SSSR count). The van der Waals surface area contributed by atoms with Gasteiger partial charge in [-0.25, -0.2) is 0 Å². The fourth-order valence-corrected chi connectivity index (χ4v) is 3.03. The molecule has 1 aromatic carbocycles. The van der Waals surface area contributed by atoms with Gasteiger partial charge in [0.05, 0.1) is 12.7 Å². The van der Waals surface area contributed by atoms with E-state index in [1.165, 1.54) is 18.4 Å². The summed E-state index contributed by atoms with van der Waals surface area (Å²) < 4.78 is 5.25. The topological polar surface area (TPSA) is 58.6 Å². The van der Waals surface area contributed by atoms with E-state index in [0.717, 1.165) is 25.7 Å². The standard InChI is InChI=1S/C18H26N2O3/c1-18(10-6-5-7-11-18)17(22)19-13-8-9-15(23-4)14(12-13)16(21)20(2)3/h8-9,12H,5-7,10-11H2,1-4H3,(H,19,22). The summed E-state index contributed by atoms with van der Waals surface area (Å²) in [6.07, 6.45) is 5.22. The van der Waals surface area contributed by atoms with Gasteiger partial charge in [0.15, 0.2) is 0 Å². The predicted molar refractivity (Wildman–Crippen MR) is 90.8 cm³/mol. The van der Waals surface area contributed by atoms with Crippen LogP contribution >= 0.6 is 0 Å². The number of benzene rings is 1. The normalized spacial score (nSPS) is 16.5. The Labute approximate surface area is 138 Å². The molecule has 0 saturated heterocycles. The van der Waals surface area contributed by atoms with Gasteiger partial charge in [0.2, 0.25) is 5.91 Å². The van der Waals surface area contributed by atoms with Crippen LogP contribution in [0.3, 0.4) is 0 Å². The number of carbonyl (C=O) groups excluding carboxylic acids is 2. The van der Waals surface area contributed by atoms with E-state index in [1.807, 2.05) is 6.92 Å². The number of carbonyl (C=O) groups is 2. The minimum absolute atomic E-state index is 0.0330. The molecule has 1 aliphatic rings. The minimum atomic E-state index is -0.316. The SMILES string of the molecule is COc1ccc(NC(=O)C2(C)CCCCC2)cc1C(=O)N(C)C. The summed E-state index contributed by atoms with van der Waals surface area (Å²) >= 11 is 0.